The van der Waals surface area contributed by atoms with Gasteiger partial charge < -0.3 is 9.67 Å². The zero-order valence-corrected chi connectivity index (χ0v) is 11.2. The molecule has 0 aliphatic carbocycles. The molecule has 0 atom stereocenters. The van der Waals surface area contributed by atoms with Crippen molar-refractivity contribution in [1.29, 1.82) is 0 Å². The SMILES string of the molecule is Cc1ccc(C(=O)O)c(=O)n1CC(F)(F)c1ccccc1. The number of aromatic carboxylic acids is 1. The van der Waals surface area contributed by atoms with Gasteiger partial charge in [0, 0.05) is 11.3 Å². The fourth-order valence-corrected chi connectivity index (χ4v) is 2.00. The molecule has 4 nitrogen and oxygen atoms in total. The molecule has 0 fully saturated rings. The van der Waals surface area contributed by atoms with Crippen molar-refractivity contribution in [1.82, 2.24) is 4.57 Å². The van der Waals surface area contributed by atoms with E-state index in [1.54, 1.807) is 6.07 Å². The second kappa shape index (κ2) is 5.47. The van der Waals surface area contributed by atoms with Gasteiger partial charge in [0.05, 0.1) is 6.54 Å². The maximum absolute atomic E-state index is 14.2. The molecule has 1 aromatic heterocycles. The zero-order valence-electron chi connectivity index (χ0n) is 11.2. The monoisotopic (exact) mass is 293 g/mol. The van der Waals surface area contributed by atoms with Crippen molar-refractivity contribution in [3.63, 3.8) is 0 Å². The molecule has 110 valence electrons. The molecule has 0 bridgehead atoms. The Morgan fingerprint density at radius 2 is 1.81 bits per heavy atom. The number of carbonyl (C=O) groups is 1. The minimum atomic E-state index is -3.27. The summed E-state index contributed by atoms with van der Waals surface area (Å²) >= 11 is 0. The first-order valence-electron chi connectivity index (χ1n) is 6.20. The molecule has 6 heteroatoms. The Morgan fingerprint density at radius 3 is 2.38 bits per heavy atom. The quantitative estimate of drug-likeness (QED) is 0.942. The van der Waals surface area contributed by atoms with Crippen molar-refractivity contribution in [2.45, 2.75) is 19.4 Å². The third kappa shape index (κ3) is 2.99. The Kier molecular flexibility index (Phi) is 3.88. The average Bonchev–Trinajstić information content (AvgIpc) is 2.44. The second-order valence-corrected chi connectivity index (χ2v) is 4.66. The van der Waals surface area contributed by atoms with Crippen LogP contribution < -0.4 is 5.56 Å². The van der Waals surface area contributed by atoms with Crippen molar-refractivity contribution in [2.24, 2.45) is 0 Å². The summed E-state index contributed by atoms with van der Waals surface area (Å²) in [6.07, 6.45) is 0. The van der Waals surface area contributed by atoms with Crippen LogP contribution in [0.2, 0.25) is 0 Å². The van der Waals surface area contributed by atoms with E-state index in [4.69, 9.17) is 5.11 Å². The lowest BCUT2D eigenvalue weighted by molar-refractivity contribution is -0.0237. The van der Waals surface area contributed by atoms with E-state index in [9.17, 15) is 18.4 Å². The van der Waals surface area contributed by atoms with Crippen molar-refractivity contribution >= 4 is 5.97 Å². The number of nitrogens with zero attached hydrogens (tertiary/aromatic N) is 1. The van der Waals surface area contributed by atoms with Crippen LogP contribution in [0.4, 0.5) is 8.78 Å². The molecular formula is C15H13F2NO3. The van der Waals surface area contributed by atoms with Crippen molar-refractivity contribution in [2.75, 3.05) is 0 Å². The fraction of sp³-hybridized carbons (Fsp3) is 0.200. The van der Waals surface area contributed by atoms with Gasteiger partial charge >= 0.3 is 5.97 Å². The summed E-state index contributed by atoms with van der Waals surface area (Å²) in [5.41, 5.74) is -1.40. The highest BCUT2D eigenvalue weighted by atomic mass is 19.3. The smallest absolute Gasteiger partial charge is 0.341 e. The van der Waals surface area contributed by atoms with Crippen LogP contribution >= 0.6 is 0 Å². The molecule has 2 aromatic rings. The summed E-state index contributed by atoms with van der Waals surface area (Å²) in [5, 5.41) is 8.90. The van der Waals surface area contributed by atoms with Gasteiger partial charge in [-0.2, -0.15) is 8.78 Å². The number of hydrogen-bond acceptors (Lipinski definition) is 2. The van der Waals surface area contributed by atoms with Crippen LogP contribution in [-0.4, -0.2) is 15.6 Å². The van der Waals surface area contributed by atoms with Gasteiger partial charge in [-0.05, 0) is 19.1 Å². The Balaban J connectivity index is 2.47. The maximum Gasteiger partial charge on any atom is 0.341 e. The van der Waals surface area contributed by atoms with Crippen LogP contribution in [-0.2, 0) is 12.5 Å². The van der Waals surface area contributed by atoms with Crippen LogP contribution in [0.25, 0.3) is 0 Å². The maximum atomic E-state index is 14.2. The fourth-order valence-electron chi connectivity index (χ4n) is 2.00. The number of hydrogen-bond donors (Lipinski definition) is 1. The van der Waals surface area contributed by atoms with E-state index in [0.717, 1.165) is 10.6 Å². The van der Waals surface area contributed by atoms with Gasteiger partial charge in [0.25, 0.3) is 11.5 Å². The second-order valence-electron chi connectivity index (χ2n) is 4.66. The molecule has 21 heavy (non-hydrogen) atoms. The lowest BCUT2D eigenvalue weighted by Crippen LogP contribution is -2.33. The van der Waals surface area contributed by atoms with E-state index in [-0.39, 0.29) is 11.3 Å². The minimum absolute atomic E-state index is 0.225. The van der Waals surface area contributed by atoms with E-state index in [2.05, 4.69) is 0 Å². The molecule has 1 heterocycles. The number of halogens is 2. The standard InChI is InChI=1S/C15H13F2NO3/c1-10-7-8-12(14(20)21)13(19)18(10)9-15(16,17)11-5-3-2-4-6-11/h2-8H,9H2,1H3,(H,20,21). The first-order valence-corrected chi connectivity index (χ1v) is 6.20. The zero-order chi connectivity index (χ0) is 15.6. The summed E-state index contributed by atoms with van der Waals surface area (Å²) in [4.78, 5) is 22.9. The lowest BCUT2D eigenvalue weighted by Gasteiger charge is -2.20. The van der Waals surface area contributed by atoms with Crippen molar-refractivity contribution in [3.05, 3.63) is 69.6 Å². The van der Waals surface area contributed by atoms with Gasteiger partial charge in [-0.1, -0.05) is 30.3 Å². The molecule has 0 radical (unpaired) electrons. The highest BCUT2D eigenvalue weighted by Crippen LogP contribution is 2.29. The van der Waals surface area contributed by atoms with Gasteiger partial charge in [-0.3, -0.25) is 4.79 Å². The summed E-state index contributed by atoms with van der Waals surface area (Å²) in [6.45, 7) is 0.580. The van der Waals surface area contributed by atoms with E-state index in [0.29, 0.717) is 0 Å². The van der Waals surface area contributed by atoms with Crippen molar-refractivity contribution < 1.29 is 18.7 Å². The summed E-state index contributed by atoms with van der Waals surface area (Å²) < 4.78 is 29.2. The predicted octanol–water partition coefficient (Wildman–Crippen LogP) is 2.65. The molecule has 0 saturated carbocycles. The number of rotatable bonds is 4. The minimum Gasteiger partial charge on any atom is -0.477 e. The number of alkyl halides is 2. The third-order valence-corrected chi connectivity index (χ3v) is 3.18. The lowest BCUT2D eigenvalue weighted by atomic mass is 10.1. The Hall–Kier alpha value is -2.50. The molecular weight excluding hydrogens is 280 g/mol. The number of carboxylic acids is 1. The van der Waals surface area contributed by atoms with Gasteiger partial charge in [0.15, 0.2) is 0 Å². The van der Waals surface area contributed by atoms with Crippen molar-refractivity contribution in [3.8, 4) is 0 Å². The van der Waals surface area contributed by atoms with Gasteiger partial charge in [0.2, 0.25) is 0 Å². The van der Waals surface area contributed by atoms with Gasteiger partial charge in [-0.25, -0.2) is 4.79 Å². The largest absolute Gasteiger partial charge is 0.477 e. The average molecular weight is 293 g/mol. The molecule has 0 aliphatic heterocycles. The highest BCUT2D eigenvalue weighted by Gasteiger charge is 2.33. The topological polar surface area (TPSA) is 59.3 Å². The number of benzene rings is 1. The number of aryl methyl sites for hydroxylation is 1. The first kappa shape index (κ1) is 14.9. The Morgan fingerprint density at radius 1 is 1.19 bits per heavy atom. The van der Waals surface area contributed by atoms with Crippen LogP contribution in [0, 0.1) is 6.92 Å². The molecule has 0 amide bonds. The molecule has 1 aromatic carbocycles. The Bertz CT molecular complexity index is 723. The van der Waals surface area contributed by atoms with Crippen LogP contribution in [0.15, 0.2) is 47.3 Å². The normalized spacial score (nSPS) is 11.4. The van der Waals surface area contributed by atoms with Crippen LogP contribution in [0.5, 0.6) is 0 Å². The first-order chi connectivity index (χ1) is 9.83. The van der Waals surface area contributed by atoms with E-state index >= 15 is 0 Å². The highest BCUT2D eigenvalue weighted by molar-refractivity contribution is 5.87. The van der Waals surface area contributed by atoms with Gasteiger partial charge in [-0.15, -0.1) is 0 Å². The van der Waals surface area contributed by atoms with E-state index < -0.39 is 29.6 Å². The number of pyridine rings is 1. The summed E-state index contributed by atoms with van der Waals surface area (Å²) in [7, 11) is 0. The van der Waals surface area contributed by atoms with E-state index in [1.807, 2.05) is 0 Å². The third-order valence-electron chi connectivity index (χ3n) is 3.18. The number of aromatic nitrogens is 1. The summed E-state index contributed by atoms with van der Waals surface area (Å²) in [6, 6.07) is 9.56. The van der Waals surface area contributed by atoms with E-state index in [1.165, 1.54) is 37.3 Å². The molecule has 0 spiro atoms. The van der Waals surface area contributed by atoms with Gasteiger partial charge in [0.1, 0.15) is 5.56 Å². The number of carboxylic acid groups (broad SMARTS) is 1. The molecule has 2 rings (SSSR count). The van der Waals surface area contributed by atoms with Crippen LogP contribution in [0.3, 0.4) is 0 Å². The molecule has 0 aliphatic rings. The van der Waals surface area contributed by atoms with Crippen LogP contribution in [0.1, 0.15) is 21.6 Å². The predicted molar refractivity (Wildman–Crippen MR) is 72.7 cm³/mol. The Labute approximate surface area is 119 Å². The molecule has 1 N–H and O–H groups in total. The summed E-state index contributed by atoms with van der Waals surface area (Å²) in [5.74, 6) is -4.70. The molecule has 0 saturated heterocycles. The molecule has 0 unspecified atom stereocenters.